The Hall–Kier alpha value is -1.03. The molecule has 0 bridgehead atoms. The molecule has 4 nitrogen and oxygen atoms in total. The van der Waals surface area contributed by atoms with Gasteiger partial charge in [0.25, 0.3) is 0 Å². The summed E-state index contributed by atoms with van der Waals surface area (Å²) in [6.45, 7) is 7.17. The van der Waals surface area contributed by atoms with Crippen LogP contribution in [0.5, 0.6) is 5.88 Å². The molecule has 0 aromatic carbocycles. The lowest BCUT2D eigenvalue weighted by Gasteiger charge is -2.18. The number of aromatic amines is 1. The Labute approximate surface area is 91.2 Å². The first-order valence-electron chi connectivity index (χ1n) is 5.32. The average Bonchev–Trinajstić information content (AvgIpc) is 2.56. The summed E-state index contributed by atoms with van der Waals surface area (Å²) in [6.07, 6.45) is 1.88. The third-order valence-corrected chi connectivity index (χ3v) is 2.40. The summed E-state index contributed by atoms with van der Waals surface area (Å²) < 4.78 is 5.24. The van der Waals surface area contributed by atoms with Crippen molar-refractivity contribution in [3.8, 4) is 5.88 Å². The van der Waals surface area contributed by atoms with Crippen molar-refractivity contribution in [2.75, 3.05) is 13.7 Å². The first kappa shape index (κ1) is 12.0. The molecule has 0 amide bonds. The van der Waals surface area contributed by atoms with E-state index in [1.165, 1.54) is 0 Å². The molecule has 0 aliphatic rings. The van der Waals surface area contributed by atoms with Crippen LogP contribution in [0.25, 0.3) is 0 Å². The average molecular weight is 211 g/mol. The molecule has 0 saturated carbocycles. The second-order valence-electron chi connectivity index (χ2n) is 4.73. The number of hydrogen-bond donors (Lipinski definition) is 2. The van der Waals surface area contributed by atoms with Crippen molar-refractivity contribution >= 4 is 0 Å². The normalized spacial score (nSPS) is 11.8. The molecule has 0 aliphatic heterocycles. The zero-order chi connectivity index (χ0) is 11.5. The molecule has 0 atom stereocenters. The second kappa shape index (κ2) is 4.66. The van der Waals surface area contributed by atoms with Gasteiger partial charge in [-0.05, 0) is 19.4 Å². The van der Waals surface area contributed by atoms with E-state index in [4.69, 9.17) is 10.5 Å². The quantitative estimate of drug-likeness (QED) is 0.795. The summed E-state index contributed by atoms with van der Waals surface area (Å²) >= 11 is 0. The van der Waals surface area contributed by atoms with E-state index in [1.807, 2.05) is 0 Å². The number of rotatable bonds is 4. The van der Waals surface area contributed by atoms with E-state index in [-0.39, 0.29) is 5.41 Å². The predicted molar refractivity (Wildman–Crippen MR) is 61.2 cm³/mol. The summed E-state index contributed by atoms with van der Waals surface area (Å²) in [4.78, 5) is 0. The third-order valence-electron chi connectivity index (χ3n) is 2.40. The summed E-state index contributed by atoms with van der Waals surface area (Å²) in [5, 5.41) is 7.22. The van der Waals surface area contributed by atoms with Crippen LogP contribution in [0.15, 0.2) is 0 Å². The first-order valence-corrected chi connectivity index (χ1v) is 5.32. The Morgan fingerprint density at radius 1 is 1.40 bits per heavy atom. The SMILES string of the molecule is COc1n[nH]c(C(C)(C)C)c1CCCN. The summed E-state index contributed by atoms with van der Waals surface area (Å²) in [5.41, 5.74) is 7.90. The van der Waals surface area contributed by atoms with Gasteiger partial charge < -0.3 is 10.5 Å². The number of hydrogen-bond acceptors (Lipinski definition) is 3. The standard InChI is InChI=1S/C11H21N3O/c1-11(2,3)9-8(6-5-7-12)10(15-4)14-13-9/h5-7,12H2,1-4H3,(H,13,14). The molecule has 0 radical (unpaired) electrons. The van der Waals surface area contributed by atoms with Crippen molar-refractivity contribution in [2.24, 2.45) is 5.73 Å². The van der Waals surface area contributed by atoms with Gasteiger partial charge in [-0.2, -0.15) is 0 Å². The van der Waals surface area contributed by atoms with Crippen LogP contribution < -0.4 is 10.5 Å². The van der Waals surface area contributed by atoms with E-state index < -0.39 is 0 Å². The van der Waals surface area contributed by atoms with E-state index >= 15 is 0 Å². The summed E-state index contributed by atoms with van der Waals surface area (Å²) in [7, 11) is 1.65. The largest absolute Gasteiger partial charge is 0.480 e. The molecular weight excluding hydrogens is 190 g/mol. The fourth-order valence-corrected chi connectivity index (χ4v) is 1.65. The van der Waals surface area contributed by atoms with Crippen LogP contribution in [0, 0.1) is 0 Å². The van der Waals surface area contributed by atoms with Gasteiger partial charge >= 0.3 is 0 Å². The minimum Gasteiger partial charge on any atom is -0.480 e. The molecule has 15 heavy (non-hydrogen) atoms. The molecule has 1 heterocycles. The molecule has 3 N–H and O–H groups in total. The monoisotopic (exact) mass is 211 g/mol. The highest BCUT2D eigenvalue weighted by Gasteiger charge is 2.23. The lowest BCUT2D eigenvalue weighted by atomic mass is 9.88. The maximum Gasteiger partial charge on any atom is 0.235 e. The minimum absolute atomic E-state index is 0.0632. The van der Waals surface area contributed by atoms with Crippen molar-refractivity contribution in [3.63, 3.8) is 0 Å². The first-order chi connectivity index (χ1) is 7.00. The zero-order valence-corrected chi connectivity index (χ0v) is 10.1. The molecule has 4 heteroatoms. The van der Waals surface area contributed by atoms with Crippen molar-refractivity contribution in [1.29, 1.82) is 0 Å². The Morgan fingerprint density at radius 2 is 2.07 bits per heavy atom. The molecule has 1 rings (SSSR count). The number of nitrogens with two attached hydrogens (primary N) is 1. The Morgan fingerprint density at radius 3 is 2.53 bits per heavy atom. The molecule has 0 aliphatic carbocycles. The number of nitrogens with one attached hydrogen (secondary N) is 1. The van der Waals surface area contributed by atoms with Crippen molar-refractivity contribution in [3.05, 3.63) is 11.3 Å². The van der Waals surface area contributed by atoms with Gasteiger partial charge in [-0.3, -0.25) is 5.10 Å². The molecule has 1 aromatic heterocycles. The molecule has 0 spiro atoms. The van der Waals surface area contributed by atoms with Gasteiger partial charge in [0, 0.05) is 16.7 Å². The molecule has 0 unspecified atom stereocenters. The number of nitrogens with zero attached hydrogens (tertiary/aromatic N) is 1. The second-order valence-corrected chi connectivity index (χ2v) is 4.73. The van der Waals surface area contributed by atoms with Gasteiger partial charge in [0.05, 0.1) is 7.11 Å². The zero-order valence-electron chi connectivity index (χ0n) is 10.1. The highest BCUT2D eigenvalue weighted by molar-refractivity contribution is 5.34. The number of methoxy groups -OCH3 is 1. The molecule has 0 fully saturated rings. The minimum atomic E-state index is 0.0632. The van der Waals surface area contributed by atoms with Gasteiger partial charge in [0.15, 0.2) is 0 Å². The Balaban J connectivity index is 3.00. The Bertz CT molecular complexity index is 312. The van der Waals surface area contributed by atoms with Gasteiger partial charge in [-0.25, -0.2) is 0 Å². The van der Waals surface area contributed by atoms with Crippen LogP contribution in [0.3, 0.4) is 0 Å². The smallest absolute Gasteiger partial charge is 0.235 e. The van der Waals surface area contributed by atoms with Gasteiger partial charge in [-0.15, -0.1) is 5.10 Å². The van der Waals surface area contributed by atoms with Crippen molar-refractivity contribution in [2.45, 2.75) is 39.0 Å². The molecule has 0 saturated heterocycles. The lowest BCUT2D eigenvalue weighted by molar-refractivity contribution is 0.392. The Kier molecular flexibility index (Phi) is 3.74. The highest BCUT2D eigenvalue weighted by Crippen LogP contribution is 2.30. The van der Waals surface area contributed by atoms with Crippen LogP contribution >= 0.6 is 0 Å². The van der Waals surface area contributed by atoms with Crippen molar-refractivity contribution in [1.82, 2.24) is 10.2 Å². The topological polar surface area (TPSA) is 63.9 Å². The van der Waals surface area contributed by atoms with Gasteiger partial charge in [0.1, 0.15) is 0 Å². The number of ether oxygens (including phenoxy) is 1. The third kappa shape index (κ3) is 2.72. The molecule has 86 valence electrons. The van der Waals surface area contributed by atoms with Crippen LogP contribution in [-0.4, -0.2) is 23.9 Å². The summed E-state index contributed by atoms with van der Waals surface area (Å²) in [5.74, 6) is 0.702. The van der Waals surface area contributed by atoms with Gasteiger partial charge in [-0.1, -0.05) is 20.8 Å². The fourth-order valence-electron chi connectivity index (χ4n) is 1.65. The van der Waals surface area contributed by atoms with E-state index in [0.717, 1.165) is 24.1 Å². The van der Waals surface area contributed by atoms with Crippen LogP contribution in [0.2, 0.25) is 0 Å². The molecular formula is C11H21N3O. The van der Waals surface area contributed by atoms with Crippen molar-refractivity contribution < 1.29 is 4.74 Å². The van der Waals surface area contributed by atoms with E-state index in [2.05, 4.69) is 31.0 Å². The predicted octanol–water partition coefficient (Wildman–Crippen LogP) is 1.61. The van der Waals surface area contributed by atoms with E-state index in [0.29, 0.717) is 12.4 Å². The van der Waals surface area contributed by atoms with Crippen LogP contribution in [0.1, 0.15) is 38.4 Å². The molecule has 1 aromatic rings. The number of H-pyrrole nitrogens is 1. The fraction of sp³-hybridized carbons (Fsp3) is 0.727. The van der Waals surface area contributed by atoms with E-state index in [1.54, 1.807) is 7.11 Å². The maximum absolute atomic E-state index is 5.52. The highest BCUT2D eigenvalue weighted by atomic mass is 16.5. The lowest BCUT2D eigenvalue weighted by Crippen LogP contribution is -2.15. The summed E-state index contributed by atoms with van der Waals surface area (Å²) in [6, 6.07) is 0. The number of aromatic nitrogens is 2. The van der Waals surface area contributed by atoms with Crippen LogP contribution in [0.4, 0.5) is 0 Å². The van der Waals surface area contributed by atoms with E-state index in [9.17, 15) is 0 Å². The maximum atomic E-state index is 5.52. The van der Waals surface area contributed by atoms with Gasteiger partial charge in [0.2, 0.25) is 5.88 Å². The van der Waals surface area contributed by atoms with Crippen LogP contribution in [-0.2, 0) is 11.8 Å².